The Kier molecular flexibility index (Phi) is 6.06. The Morgan fingerprint density at radius 3 is 2.81 bits per heavy atom. The first-order chi connectivity index (χ1) is 14.8. The minimum atomic E-state index is -0.422. The Labute approximate surface area is 183 Å². The molecule has 3 heterocycles. The van der Waals surface area contributed by atoms with Crippen LogP contribution in [0.3, 0.4) is 0 Å². The summed E-state index contributed by atoms with van der Waals surface area (Å²) in [6.45, 7) is 6.91. The van der Waals surface area contributed by atoms with E-state index in [1.54, 1.807) is 10.6 Å². The number of nitrogens with one attached hydrogen (secondary N) is 2. The molecule has 2 N–H and O–H groups in total. The maximum absolute atomic E-state index is 14.9. The van der Waals surface area contributed by atoms with E-state index in [1.807, 2.05) is 19.9 Å². The standard InChI is InChI=1S/C22H26FN5O2S/c1-4-24-21(30)26-22-25-18-9-16(17(23)10-19(18)31-22)15-7-13(2)28(20(29)8-15)12-14-5-6-27(3)11-14/h7-10,14H,4-6,11-12H2,1-3H3,(H2,24,25,26,30). The number of hydrogen-bond acceptors (Lipinski definition) is 5. The summed E-state index contributed by atoms with van der Waals surface area (Å²) in [6, 6.07) is 6.03. The van der Waals surface area contributed by atoms with E-state index in [1.165, 1.54) is 23.5 Å². The Balaban J connectivity index is 1.63. The normalized spacial score (nSPS) is 16.7. The van der Waals surface area contributed by atoms with Crippen LogP contribution in [0.1, 0.15) is 19.0 Å². The van der Waals surface area contributed by atoms with Gasteiger partial charge in [0.15, 0.2) is 5.13 Å². The number of anilines is 1. The number of thiazole rings is 1. The molecular formula is C22H26FN5O2S. The number of aryl methyl sites for hydroxylation is 1. The number of pyridine rings is 1. The highest BCUT2D eigenvalue weighted by Gasteiger charge is 2.21. The lowest BCUT2D eigenvalue weighted by Crippen LogP contribution is -2.28. The highest BCUT2D eigenvalue weighted by molar-refractivity contribution is 7.22. The van der Waals surface area contributed by atoms with Gasteiger partial charge in [0.2, 0.25) is 0 Å². The van der Waals surface area contributed by atoms with E-state index in [-0.39, 0.29) is 11.6 Å². The zero-order valence-corrected chi connectivity index (χ0v) is 18.7. The second kappa shape index (κ2) is 8.76. The molecule has 2 amide bonds. The summed E-state index contributed by atoms with van der Waals surface area (Å²) in [4.78, 5) is 31.2. The minimum absolute atomic E-state index is 0.124. The molecule has 1 aliphatic heterocycles. The number of aromatic nitrogens is 2. The summed E-state index contributed by atoms with van der Waals surface area (Å²) in [5.41, 5.74) is 2.13. The van der Waals surface area contributed by atoms with Crippen molar-refractivity contribution in [1.29, 1.82) is 0 Å². The lowest BCUT2D eigenvalue weighted by molar-refractivity contribution is 0.252. The summed E-state index contributed by atoms with van der Waals surface area (Å²) in [6.07, 6.45) is 1.08. The quantitative estimate of drug-likeness (QED) is 0.631. The molecule has 1 aromatic carbocycles. The molecule has 4 rings (SSSR count). The molecular weight excluding hydrogens is 417 g/mol. The second-order valence-corrected chi connectivity index (χ2v) is 9.09. The molecule has 164 valence electrons. The number of carbonyl (C=O) groups excluding carboxylic acids is 1. The van der Waals surface area contributed by atoms with Crippen molar-refractivity contribution in [3.8, 4) is 11.1 Å². The predicted molar refractivity (Wildman–Crippen MR) is 122 cm³/mol. The van der Waals surface area contributed by atoms with Crippen LogP contribution in [0.25, 0.3) is 21.3 Å². The van der Waals surface area contributed by atoms with Crippen molar-refractivity contribution < 1.29 is 9.18 Å². The summed E-state index contributed by atoms with van der Waals surface area (Å²) < 4.78 is 17.3. The summed E-state index contributed by atoms with van der Waals surface area (Å²) in [5.74, 6) is 0.0286. The number of benzene rings is 1. The number of hydrogen-bond donors (Lipinski definition) is 2. The van der Waals surface area contributed by atoms with Crippen molar-refractivity contribution in [2.24, 2.45) is 5.92 Å². The molecule has 0 radical (unpaired) electrons. The van der Waals surface area contributed by atoms with Crippen molar-refractivity contribution in [3.05, 3.63) is 46.1 Å². The van der Waals surface area contributed by atoms with Crippen molar-refractivity contribution in [2.75, 3.05) is 32.0 Å². The number of rotatable bonds is 5. The first kappa shape index (κ1) is 21.5. The van der Waals surface area contributed by atoms with Crippen molar-refractivity contribution in [2.45, 2.75) is 26.8 Å². The molecule has 1 unspecified atom stereocenters. The molecule has 0 bridgehead atoms. The number of likely N-dealkylation sites (tertiary alicyclic amines) is 1. The average molecular weight is 444 g/mol. The number of urea groups is 1. The van der Waals surface area contributed by atoms with E-state index in [9.17, 15) is 14.0 Å². The summed E-state index contributed by atoms with van der Waals surface area (Å²) >= 11 is 1.20. The lowest BCUT2D eigenvalue weighted by Gasteiger charge is -2.16. The van der Waals surface area contributed by atoms with E-state index in [0.29, 0.717) is 45.5 Å². The number of amides is 2. The van der Waals surface area contributed by atoms with E-state index in [0.717, 1.165) is 25.2 Å². The van der Waals surface area contributed by atoms with Gasteiger partial charge in [0, 0.05) is 37.0 Å². The van der Waals surface area contributed by atoms with E-state index in [4.69, 9.17) is 0 Å². The van der Waals surface area contributed by atoms with Crippen LogP contribution in [0, 0.1) is 18.7 Å². The third-order valence-corrected chi connectivity index (χ3v) is 6.54. The van der Waals surface area contributed by atoms with Gasteiger partial charge in [0.1, 0.15) is 5.82 Å². The highest BCUT2D eigenvalue weighted by Crippen LogP contribution is 2.32. The monoisotopic (exact) mass is 443 g/mol. The topological polar surface area (TPSA) is 79.3 Å². The van der Waals surface area contributed by atoms with Gasteiger partial charge in [0.25, 0.3) is 5.56 Å². The van der Waals surface area contributed by atoms with Gasteiger partial charge in [0.05, 0.1) is 10.2 Å². The molecule has 31 heavy (non-hydrogen) atoms. The van der Waals surface area contributed by atoms with Crippen LogP contribution in [0.5, 0.6) is 0 Å². The van der Waals surface area contributed by atoms with Gasteiger partial charge in [-0.3, -0.25) is 10.1 Å². The largest absolute Gasteiger partial charge is 0.338 e. The Hall–Kier alpha value is -2.78. The van der Waals surface area contributed by atoms with Gasteiger partial charge in [-0.15, -0.1) is 0 Å². The number of carbonyl (C=O) groups is 1. The third-order valence-electron chi connectivity index (χ3n) is 5.61. The summed E-state index contributed by atoms with van der Waals surface area (Å²) in [7, 11) is 2.09. The van der Waals surface area contributed by atoms with Crippen molar-refractivity contribution >= 4 is 32.7 Å². The second-order valence-electron chi connectivity index (χ2n) is 8.05. The Morgan fingerprint density at radius 2 is 2.13 bits per heavy atom. The number of nitrogens with zero attached hydrogens (tertiary/aromatic N) is 3. The fourth-order valence-corrected chi connectivity index (χ4v) is 4.95. The molecule has 1 aliphatic rings. The fourth-order valence-electron chi connectivity index (χ4n) is 4.08. The van der Waals surface area contributed by atoms with Crippen molar-refractivity contribution in [3.63, 3.8) is 0 Å². The molecule has 1 fully saturated rings. The van der Waals surface area contributed by atoms with Crippen LogP contribution >= 0.6 is 11.3 Å². The molecule has 7 nitrogen and oxygen atoms in total. The average Bonchev–Trinajstić information content (AvgIpc) is 3.28. The van der Waals surface area contributed by atoms with E-state index < -0.39 is 5.82 Å². The van der Waals surface area contributed by atoms with Crippen molar-refractivity contribution in [1.82, 2.24) is 19.8 Å². The Morgan fingerprint density at radius 1 is 1.32 bits per heavy atom. The van der Waals surface area contributed by atoms with Crippen LogP contribution < -0.4 is 16.2 Å². The summed E-state index contributed by atoms with van der Waals surface area (Å²) in [5, 5.41) is 5.68. The van der Waals surface area contributed by atoms with Crippen LogP contribution in [-0.2, 0) is 6.54 Å². The van der Waals surface area contributed by atoms with Crippen LogP contribution in [0.15, 0.2) is 29.1 Å². The fraction of sp³-hybridized carbons (Fsp3) is 0.409. The molecule has 2 aromatic heterocycles. The lowest BCUT2D eigenvalue weighted by atomic mass is 10.0. The van der Waals surface area contributed by atoms with Gasteiger partial charge in [-0.2, -0.15) is 0 Å². The van der Waals surface area contributed by atoms with Gasteiger partial charge in [-0.1, -0.05) is 11.3 Å². The zero-order chi connectivity index (χ0) is 22.1. The number of halogens is 1. The predicted octanol–water partition coefficient (Wildman–Crippen LogP) is 3.67. The van der Waals surface area contributed by atoms with Gasteiger partial charge in [-0.25, -0.2) is 14.2 Å². The van der Waals surface area contributed by atoms with Crippen LogP contribution in [0.4, 0.5) is 14.3 Å². The van der Waals surface area contributed by atoms with E-state index >= 15 is 0 Å². The maximum atomic E-state index is 14.9. The SMILES string of the molecule is CCNC(=O)Nc1nc2cc(-c3cc(C)n(CC4CCN(C)C4)c(=O)c3)c(F)cc2s1. The minimum Gasteiger partial charge on any atom is -0.338 e. The van der Waals surface area contributed by atoms with Gasteiger partial charge < -0.3 is 14.8 Å². The highest BCUT2D eigenvalue weighted by atomic mass is 32.1. The van der Waals surface area contributed by atoms with Crippen LogP contribution in [-0.4, -0.2) is 47.2 Å². The smallest absolute Gasteiger partial charge is 0.321 e. The first-order valence-electron chi connectivity index (χ1n) is 10.4. The Bertz CT molecular complexity index is 1190. The first-order valence-corrected chi connectivity index (χ1v) is 11.2. The maximum Gasteiger partial charge on any atom is 0.321 e. The number of fused-ring (bicyclic) bond motifs is 1. The molecule has 3 aromatic rings. The molecule has 9 heteroatoms. The molecule has 0 spiro atoms. The van der Waals surface area contributed by atoms with Gasteiger partial charge >= 0.3 is 6.03 Å². The van der Waals surface area contributed by atoms with Gasteiger partial charge in [-0.05, 0) is 63.5 Å². The molecule has 1 saturated heterocycles. The molecule has 0 aliphatic carbocycles. The molecule has 1 atom stereocenters. The molecule has 0 saturated carbocycles. The zero-order valence-electron chi connectivity index (χ0n) is 17.9. The third kappa shape index (κ3) is 4.62. The van der Waals surface area contributed by atoms with Crippen LogP contribution in [0.2, 0.25) is 0 Å². The van der Waals surface area contributed by atoms with E-state index in [2.05, 4.69) is 27.6 Å².